The molecule has 1 unspecified atom stereocenters. The number of pyridine rings is 1. The summed E-state index contributed by atoms with van der Waals surface area (Å²) in [6.45, 7) is 3.79. The van der Waals surface area contributed by atoms with Crippen molar-refractivity contribution < 1.29 is 13.9 Å². The number of nitrogens with zero attached hydrogens (tertiary/aromatic N) is 1. The zero-order chi connectivity index (χ0) is 21.3. The number of aliphatic hydroxyl groups excluding tert-OH is 1. The Morgan fingerprint density at radius 1 is 1.17 bits per heavy atom. The monoisotopic (exact) mass is 404 g/mol. The lowest BCUT2D eigenvalue weighted by atomic mass is 10.0. The molecule has 1 atom stereocenters. The number of hydrogen-bond donors (Lipinski definition) is 2. The van der Waals surface area contributed by atoms with Crippen LogP contribution < -0.4 is 10.7 Å². The van der Waals surface area contributed by atoms with Crippen molar-refractivity contribution in [2.75, 3.05) is 5.32 Å². The van der Waals surface area contributed by atoms with Crippen LogP contribution in [0, 0.1) is 12.7 Å². The molecule has 0 saturated carbocycles. The van der Waals surface area contributed by atoms with E-state index in [0.717, 1.165) is 28.6 Å². The molecule has 152 valence electrons. The molecule has 5 nitrogen and oxygen atoms in total. The third-order valence-electron chi connectivity index (χ3n) is 5.02. The maximum atomic E-state index is 13.6. The Kier molecular flexibility index (Phi) is 5.33. The summed E-state index contributed by atoms with van der Waals surface area (Å²) < 4.78 is 19.7. The molecule has 0 bridgehead atoms. The molecule has 2 heterocycles. The predicted octanol–water partition coefficient (Wildman–Crippen LogP) is 4.97. The fourth-order valence-corrected chi connectivity index (χ4v) is 3.55. The molecule has 0 aliphatic rings. The van der Waals surface area contributed by atoms with Crippen LogP contribution >= 0.6 is 0 Å². The summed E-state index contributed by atoms with van der Waals surface area (Å²) >= 11 is 0. The summed E-state index contributed by atoms with van der Waals surface area (Å²) in [7, 11) is 0. The van der Waals surface area contributed by atoms with Crippen LogP contribution in [0.2, 0.25) is 0 Å². The Morgan fingerprint density at radius 3 is 2.73 bits per heavy atom. The molecule has 0 saturated heterocycles. The van der Waals surface area contributed by atoms with Gasteiger partial charge in [0, 0.05) is 34.6 Å². The van der Waals surface area contributed by atoms with E-state index in [1.165, 1.54) is 18.3 Å². The molecule has 0 fully saturated rings. The maximum absolute atomic E-state index is 13.6. The minimum absolute atomic E-state index is 0.0870. The maximum Gasteiger partial charge on any atom is 0.193 e. The molecule has 0 amide bonds. The molecule has 0 spiro atoms. The van der Waals surface area contributed by atoms with Crippen molar-refractivity contribution in [2.24, 2.45) is 0 Å². The minimum Gasteiger partial charge on any atom is -0.455 e. The number of benzene rings is 2. The van der Waals surface area contributed by atoms with E-state index in [-0.39, 0.29) is 23.8 Å². The quantitative estimate of drug-likeness (QED) is 0.491. The third kappa shape index (κ3) is 3.82. The van der Waals surface area contributed by atoms with E-state index >= 15 is 0 Å². The fourth-order valence-electron chi connectivity index (χ4n) is 3.55. The molecule has 4 rings (SSSR count). The highest BCUT2D eigenvalue weighted by Crippen LogP contribution is 2.31. The molecule has 4 aromatic rings. The van der Waals surface area contributed by atoms with Gasteiger partial charge in [-0.15, -0.1) is 0 Å². The van der Waals surface area contributed by atoms with Gasteiger partial charge < -0.3 is 14.8 Å². The zero-order valence-corrected chi connectivity index (χ0v) is 16.6. The second-order valence-corrected chi connectivity index (χ2v) is 7.28. The molecular weight excluding hydrogens is 383 g/mol. The second-order valence-electron chi connectivity index (χ2n) is 7.28. The molecule has 30 heavy (non-hydrogen) atoms. The van der Waals surface area contributed by atoms with E-state index < -0.39 is 5.82 Å². The fraction of sp³-hybridized carbons (Fsp3) is 0.167. The van der Waals surface area contributed by atoms with Gasteiger partial charge in [0.05, 0.1) is 24.2 Å². The lowest BCUT2D eigenvalue weighted by molar-refractivity contribution is 0.282. The number of aliphatic hydroxyl groups is 1. The SMILES string of the molecule is Cc1cc(C(C)Nc2ccccc2CO)c2oc(-c3cncc(F)c3)cc(=O)c2c1. The number of aromatic nitrogens is 1. The van der Waals surface area contributed by atoms with Crippen LogP contribution in [0.5, 0.6) is 0 Å². The number of aryl methyl sites for hydroxylation is 1. The van der Waals surface area contributed by atoms with Crippen LogP contribution in [-0.4, -0.2) is 10.1 Å². The van der Waals surface area contributed by atoms with Crippen LogP contribution in [-0.2, 0) is 6.61 Å². The molecule has 0 radical (unpaired) electrons. The van der Waals surface area contributed by atoms with Gasteiger partial charge in [-0.2, -0.15) is 0 Å². The lowest BCUT2D eigenvalue weighted by Crippen LogP contribution is -2.11. The van der Waals surface area contributed by atoms with Crippen LogP contribution in [0.25, 0.3) is 22.3 Å². The average Bonchev–Trinajstić information content (AvgIpc) is 2.74. The van der Waals surface area contributed by atoms with Crippen molar-refractivity contribution in [1.29, 1.82) is 0 Å². The van der Waals surface area contributed by atoms with Crippen molar-refractivity contribution >= 4 is 16.7 Å². The summed E-state index contributed by atoms with van der Waals surface area (Å²) in [5.41, 5.74) is 3.92. The molecular formula is C24H21FN2O3. The highest BCUT2D eigenvalue weighted by Gasteiger charge is 2.17. The van der Waals surface area contributed by atoms with Gasteiger partial charge in [-0.25, -0.2) is 4.39 Å². The molecule has 6 heteroatoms. The summed E-state index contributed by atoms with van der Waals surface area (Å²) in [6, 6.07) is 13.7. The number of halogens is 1. The molecule has 2 aromatic carbocycles. The Bertz CT molecular complexity index is 1280. The van der Waals surface area contributed by atoms with Crippen molar-refractivity contribution in [2.45, 2.75) is 26.5 Å². The number of para-hydroxylation sites is 1. The molecule has 0 aliphatic carbocycles. The largest absolute Gasteiger partial charge is 0.455 e. The van der Waals surface area contributed by atoms with E-state index in [0.29, 0.717) is 16.5 Å². The minimum atomic E-state index is -0.505. The van der Waals surface area contributed by atoms with E-state index in [2.05, 4.69) is 10.3 Å². The van der Waals surface area contributed by atoms with Gasteiger partial charge in [-0.1, -0.05) is 24.3 Å². The predicted molar refractivity (Wildman–Crippen MR) is 115 cm³/mol. The second kappa shape index (κ2) is 8.08. The lowest BCUT2D eigenvalue weighted by Gasteiger charge is -2.20. The highest BCUT2D eigenvalue weighted by molar-refractivity contribution is 5.83. The van der Waals surface area contributed by atoms with Crippen molar-refractivity contribution in [3.63, 3.8) is 0 Å². The van der Waals surface area contributed by atoms with Crippen molar-refractivity contribution in [3.05, 3.63) is 93.7 Å². The first-order valence-electron chi connectivity index (χ1n) is 9.61. The topological polar surface area (TPSA) is 75.4 Å². The highest BCUT2D eigenvalue weighted by atomic mass is 19.1. The van der Waals surface area contributed by atoms with Gasteiger partial charge in [-0.05, 0) is 37.6 Å². The molecule has 0 aliphatic heterocycles. The van der Waals surface area contributed by atoms with Crippen molar-refractivity contribution in [3.8, 4) is 11.3 Å². The number of fused-ring (bicyclic) bond motifs is 1. The molecule has 2 aromatic heterocycles. The van der Waals surface area contributed by atoms with E-state index in [1.807, 2.05) is 44.2 Å². The van der Waals surface area contributed by atoms with Gasteiger partial charge in [0.1, 0.15) is 17.2 Å². The number of hydrogen-bond acceptors (Lipinski definition) is 5. The summed E-state index contributed by atoms with van der Waals surface area (Å²) in [5.74, 6) is -0.248. The van der Waals surface area contributed by atoms with E-state index in [4.69, 9.17) is 4.42 Å². The summed E-state index contributed by atoms with van der Waals surface area (Å²) in [5, 5.41) is 13.5. The van der Waals surface area contributed by atoms with Crippen LogP contribution in [0.15, 0.2) is 70.1 Å². The van der Waals surface area contributed by atoms with Gasteiger partial charge >= 0.3 is 0 Å². The number of anilines is 1. The van der Waals surface area contributed by atoms with Gasteiger partial charge in [0.25, 0.3) is 0 Å². The average molecular weight is 404 g/mol. The normalized spacial score (nSPS) is 12.1. The number of nitrogens with one attached hydrogen (secondary N) is 1. The first-order valence-corrected chi connectivity index (χ1v) is 9.61. The summed E-state index contributed by atoms with van der Waals surface area (Å²) in [4.78, 5) is 16.7. The van der Waals surface area contributed by atoms with Gasteiger partial charge in [0.15, 0.2) is 5.43 Å². The first kappa shape index (κ1) is 19.8. The van der Waals surface area contributed by atoms with Gasteiger partial charge in [0.2, 0.25) is 0 Å². The standard InChI is InChI=1S/C24H21FN2O3/c1-14-7-19(15(2)27-21-6-4-3-5-16(21)13-28)24-20(8-14)22(29)10-23(30-24)17-9-18(25)12-26-11-17/h3-12,15,27-28H,13H2,1-2H3. The Labute approximate surface area is 172 Å². The van der Waals surface area contributed by atoms with E-state index in [1.54, 1.807) is 6.07 Å². The van der Waals surface area contributed by atoms with Crippen LogP contribution in [0.4, 0.5) is 10.1 Å². The Balaban J connectivity index is 1.85. The Morgan fingerprint density at radius 2 is 1.97 bits per heavy atom. The molecule has 2 N–H and O–H groups in total. The van der Waals surface area contributed by atoms with E-state index in [9.17, 15) is 14.3 Å². The summed E-state index contributed by atoms with van der Waals surface area (Å²) in [6.07, 6.45) is 2.56. The van der Waals surface area contributed by atoms with Crippen molar-refractivity contribution in [1.82, 2.24) is 4.98 Å². The Hall–Kier alpha value is -3.51. The van der Waals surface area contributed by atoms with Gasteiger partial charge in [-0.3, -0.25) is 9.78 Å². The third-order valence-corrected chi connectivity index (χ3v) is 5.02. The van der Waals surface area contributed by atoms with Crippen LogP contribution in [0.3, 0.4) is 0 Å². The van der Waals surface area contributed by atoms with Crippen LogP contribution in [0.1, 0.15) is 29.7 Å². The zero-order valence-electron chi connectivity index (χ0n) is 16.6. The smallest absolute Gasteiger partial charge is 0.193 e. The first-order chi connectivity index (χ1) is 14.5. The number of rotatable bonds is 5.